The molecule has 4 unspecified atom stereocenters. The predicted octanol–water partition coefficient (Wildman–Crippen LogP) is 2.71. The first kappa shape index (κ1) is 12.7. The molecule has 96 valence electrons. The van der Waals surface area contributed by atoms with E-state index in [1.807, 2.05) is 13.0 Å². The second-order valence-electron chi connectivity index (χ2n) is 5.41. The van der Waals surface area contributed by atoms with E-state index in [0.29, 0.717) is 24.0 Å². The summed E-state index contributed by atoms with van der Waals surface area (Å²) < 4.78 is 5.74. The Morgan fingerprint density at radius 1 is 1.41 bits per heavy atom. The summed E-state index contributed by atoms with van der Waals surface area (Å²) in [7, 11) is 0. The van der Waals surface area contributed by atoms with Crippen molar-refractivity contribution in [2.24, 2.45) is 11.7 Å². The van der Waals surface area contributed by atoms with Gasteiger partial charge in [0.15, 0.2) is 0 Å². The molecule has 0 aromatic carbocycles. The number of likely N-dealkylation sites (tertiary alicyclic amines) is 1. The molecular formula is C14H24N2O. The summed E-state index contributed by atoms with van der Waals surface area (Å²) in [5.41, 5.74) is 6.12. The van der Waals surface area contributed by atoms with Crippen molar-refractivity contribution in [1.82, 2.24) is 4.90 Å². The number of hydrogen-bond donors (Lipinski definition) is 1. The van der Waals surface area contributed by atoms with Gasteiger partial charge in [-0.15, -0.1) is 0 Å². The molecule has 1 aliphatic rings. The molecule has 2 heterocycles. The van der Waals surface area contributed by atoms with Crippen LogP contribution in [0.4, 0.5) is 0 Å². The lowest BCUT2D eigenvalue weighted by Crippen LogP contribution is -2.52. The molecule has 0 aliphatic carbocycles. The maximum Gasteiger partial charge on any atom is 0.121 e. The Balaban J connectivity index is 2.12. The van der Waals surface area contributed by atoms with Gasteiger partial charge in [-0.05, 0) is 45.2 Å². The molecule has 0 saturated carbocycles. The van der Waals surface area contributed by atoms with Gasteiger partial charge in [-0.25, -0.2) is 0 Å². The van der Waals surface area contributed by atoms with Gasteiger partial charge >= 0.3 is 0 Å². The van der Waals surface area contributed by atoms with Crippen LogP contribution in [0.25, 0.3) is 0 Å². The molecule has 1 aromatic heterocycles. The lowest BCUT2D eigenvalue weighted by molar-refractivity contribution is 0.0538. The second-order valence-corrected chi connectivity index (χ2v) is 5.41. The first-order chi connectivity index (χ1) is 8.00. The highest BCUT2D eigenvalue weighted by atomic mass is 16.3. The van der Waals surface area contributed by atoms with Gasteiger partial charge in [-0.1, -0.05) is 6.92 Å². The van der Waals surface area contributed by atoms with Gasteiger partial charge in [-0.2, -0.15) is 0 Å². The minimum atomic E-state index is 0.340. The normalized spacial score (nSPS) is 32.6. The van der Waals surface area contributed by atoms with Crippen molar-refractivity contribution in [3.63, 3.8) is 0 Å². The maximum atomic E-state index is 6.12. The Morgan fingerprint density at radius 3 is 2.71 bits per heavy atom. The fraction of sp³-hybridized carbons (Fsp3) is 0.714. The SMILES string of the molecule is Cc1ccc(C(C)N2CCC(N)C(C)C2C)o1. The summed E-state index contributed by atoms with van der Waals surface area (Å²) in [6.07, 6.45) is 1.08. The van der Waals surface area contributed by atoms with E-state index in [-0.39, 0.29) is 0 Å². The van der Waals surface area contributed by atoms with Crippen molar-refractivity contribution in [2.75, 3.05) is 6.54 Å². The van der Waals surface area contributed by atoms with Crippen molar-refractivity contribution < 1.29 is 4.42 Å². The van der Waals surface area contributed by atoms with Crippen LogP contribution in [0.3, 0.4) is 0 Å². The number of nitrogens with zero attached hydrogens (tertiary/aromatic N) is 1. The van der Waals surface area contributed by atoms with Crippen molar-refractivity contribution in [1.29, 1.82) is 0 Å². The number of aryl methyl sites for hydroxylation is 1. The van der Waals surface area contributed by atoms with Crippen LogP contribution in [0.5, 0.6) is 0 Å². The standard InChI is InChI=1S/C14H24N2O/c1-9-5-6-14(17-9)12(4)16-8-7-13(15)10(2)11(16)3/h5-6,10-13H,7-8,15H2,1-4H3. The van der Waals surface area contributed by atoms with Gasteiger partial charge in [0.1, 0.15) is 11.5 Å². The second kappa shape index (κ2) is 4.83. The molecule has 17 heavy (non-hydrogen) atoms. The minimum absolute atomic E-state index is 0.340. The Labute approximate surface area is 104 Å². The Hall–Kier alpha value is -0.800. The molecule has 0 radical (unpaired) electrons. The summed E-state index contributed by atoms with van der Waals surface area (Å²) in [5, 5.41) is 0. The topological polar surface area (TPSA) is 42.4 Å². The summed E-state index contributed by atoms with van der Waals surface area (Å²) in [4.78, 5) is 2.51. The van der Waals surface area contributed by atoms with Crippen molar-refractivity contribution in [2.45, 2.75) is 52.2 Å². The zero-order chi connectivity index (χ0) is 12.6. The van der Waals surface area contributed by atoms with Gasteiger partial charge in [0.2, 0.25) is 0 Å². The van der Waals surface area contributed by atoms with Crippen molar-refractivity contribution in [3.05, 3.63) is 23.7 Å². The van der Waals surface area contributed by atoms with Gasteiger partial charge < -0.3 is 10.2 Å². The molecule has 1 fully saturated rings. The van der Waals surface area contributed by atoms with Gasteiger partial charge in [-0.3, -0.25) is 4.90 Å². The van der Waals surface area contributed by atoms with Crippen LogP contribution in [0, 0.1) is 12.8 Å². The third kappa shape index (κ3) is 2.40. The highest BCUT2D eigenvalue weighted by Gasteiger charge is 2.33. The molecule has 2 rings (SSSR count). The molecule has 1 aromatic rings. The van der Waals surface area contributed by atoms with Crippen LogP contribution in [0.15, 0.2) is 16.5 Å². The number of piperidine rings is 1. The Morgan fingerprint density at radius 2 is 2.12 bits per heavy atom. The first-order valence-corrected chi connectivity index (χ1v) is 6.58. The third-order valence-electron chi connectivity index (χ3n) is 4.35. The summed E-state index contributed by atoms with van der Waals surface area (Å²) in [6.45, 7) is 9.80. The molecule has 1 saturated heterocycles. The summed E-state index contributed by atoms with van der Waals surface area (Å²) in [5.74, 6) is 2.60. The van der Waals surface area contributed by atoms with E-state index in [1.54, 1.807) is 0 Å². The van der Waals surface area contributed by atoms with E-state index in [0.717, 1.165) is 24.5 Å². The van der Waals surface area contributed by atoms with Crippen LogP contribution in [0.1, 0.15) is 44.8 Å². The van der Waals surface area contributed by atoms with Crippen molar-refractivity contribution in [3.8, 4) is 0 Å². The minimum Gasteiger partial charge on any atom is -0.465 e. The number of rotatable bonds is 2. The van der Waals surface area contributed by atoms with Crippen LogP contribution in [-0.4, -0.2) is 23.5 Å². The molecule has 4 atom stereocenters. The van der Waals surface area contributed by atoms with E-state index in [4.69, 9.17) is 10.2 Å². The average molecular weight is 236 g/mol. The molecule has 0 amide bonds. The fourth-order valence-electron chi connectivity index (χ4n) is 2.81. The monoisotopic (exact) mass is 236 g/mol. The molecule has 2 N–H and O–H groups in total. The maximum absolute atomic E-state index is 6.12. The quantitative estimate of drug-likeness (QED) is 0.858. The molecule has 3 heteroatoms. The molecular weight excluding hydrogens is 212 g/mol. The highest BCUT2D eigenvalue weighted by molar-refractivity contribution is 5.10. The largest absolute Gasteiger partial charge is 0.465 e. The van der Waals surface area contributed by atoms with E-state index in [1.165, 1.54) is 0 Å². The van der Waals surface area contributed by atoms with Crippen LogP contribution >= 0.6 is 0 Å². The van der Waals surface area contributed by atoms with Crippen LogP contribution in [-0.2, 0) is 0 Å². The smallest absolute Gasteiger partial charge is 0.121 e. The number of nitrogens with two attached hydrogens (primary N) is 1. The molecule has 0 bridgehead atoms. The average Bonchev–Trinajstić information content (AvgIpc) is 2.72. The first-order valence-electron chi connectivity index (χ1n) is 6.58. The number of hydrogen-bond acceptors (Lipinski definition) is 3. The number of furan rings is 1. The van der Waals surface area contributed by atoms with E-state index in [2.05, 4.69) is 31.7 Å². The van der Waals surface area contributed by atoms with Gasteiger partial charge in [0.05, 0.1) is 6.04 Å². The predicted molar refractivity (Wildman–Crippen MR) is 69.8 cm³/mol. The fourth-order valence-corrected chi connectivity index (χ4v) is 2.81. The van der Waals surface area contributed by atoms with Gasteiger partial charge in [0, 0.05) is 18.6 Å². The van der Waals surface area contributed by atoms with E-state index < -0.39 is 0 Å². The van der Waals surface area contributed by atoms with E-state index in [9.17, 15) is 0 Å². The summed E-state index contributed by atoms with van der Waals surface area (Å²) in [6, 6.07) is 5.32. The molecule has 3 nitrogen and oxygen atoms in total. The van der Waals surface area contributed by atoms with E-state index >= 15 is 0 Å². The summed E-state index contributed by atoms with van der Waals surface area (Å²) >= 11 is 0. The zero-order valence-electron chi connectivity index (χ0n) is 11.3. The molecule has 0 spiro atoms. The lowest BCUT2D eigenvalue weighted by Gasteiger charge is -2.43. The van der Waals surface area contributed by atoms with Crippen molar-refractivity contribution >= 4 is 0 Å². The third-order valence-corrected chi connectivity index (χ3v) is 4.35. The van der Waals surface area contributed by atoms with Crippen LogP contribution < -0.4 is 5.73 Å². The highest BCUT2D eigenvalue weighted by Crippen LogP contribution is 2.31. The zero-order valence-corrected chi connectivity index (χ0v) is 11.3. The Bertz CT molecular complexity index is 374. The lowest BCUT2D eigenvalue weighted by atomic mass is 9.86. The van der Waals surface area contributed by atoms with Crippen LogP contribution in [0.2, 0.25) is 0 Å². The van der Waals surface area contributed by atoms with Gasteiger partial charge in [0.25, 0.3) is 0 Å². The Kier molecular flexibility index (Phi) is 3.59. The molecule has 1 aliphatic heterocycles.